The maximum absolute atomic E-state index is 9.19. The lowest BCUT2D eigenvalue weighted by atomic mass is 10.2. The molecule has 0 saturated heterocycles. The van der Waals surface area contributed by atoms with Crippen LogP contribution in [0.1, 0.15) is 5.56 Å². The number of anilines is 1. The Hall–Kier alpha value is -2.17. The molecule has 5 nitrogen and oxygen atoms in total. The molecule has 2 aromatic rings. The minimum Gasteiger partial charge on any atom is -0.503 e. The largest absolute Gasteiger partial charge is 0.503 e. The SMILES string of the molecule is Nc1c(O)cnn1NCc1ccccc1. The van der Waals surface area contributed by atoms with Gasteiger partial charge in [-0.05, 0) is 5.56 Å². The van der Waals surface area contributed by atoms with Gasteiger partial charge in [0.1, 0.15) is 0 Å². The Labute approximate surface area is 87.1 Å². The lowest BCUT2D eigenvalue weighted by molar-refractivity contribution is 0.477. The second kappa shape index (κ2) is 3.91. The smallest absolute Gasteiger partial charge is 0.187 e. The summed E-state index contributed by atoms with van der Waals surface area (Å²) >= 11 is 0. The second-order valence-electron chi connectivity index (χ2n) is 3.15. The molecule has 1 aromatic heterocycles. The summed E-state index contributed by atoms with van der Waals surface area (Å²) in [5.74, 6) is 0.196. The van der Waals surface area contributed by atoms with Crippen molar-refractivity contribution in [2.24, 2.45) is 0 Å². The van der Waals surface area contributed by atoms with E-state index in [1.807, 2.05) is 30.3 Å². The van der Waals surface area contributed by atoms with Crippen LogP contribution >= 0.6 is 0 Å². The Bertz CT molecular complexity index is 438. The van der Waals surface area contributed by atoms with Crippen LogP contribution < -0.4 is 11.2 Å². The van der Waals surface area contributed by atoms with Crippen LogP contribution in [-0.4, -0.2) is 15.0 Å². The van der Waals surface area contributed by atoms with E-state index in [1.54, 1.807) is 0 Å². The number of hydrogen-bond donors (Lipinski definition) is 3. The number of nitrogens with one attached hydrogen (secondary N) is 1. The van der Waals surface area contributed by atoms with Crippen molar-refractivity contribution in [3.8, 4) is 5.75 Å². The minimum absolute atomic E-state index is 0.0180. The number of aromatic hydroxyl groups is 1. The number of rotatable bonds is 3. The summed E-state index contributed by atoms with van der Waals surface area (Å²) in [6.07, 6.45) is 1.30. The molecule has 0 atom stereocenters. The Balaban J connectivity index is 2.02. The third-order valence-corrected chi connectivity index (χ3v) is 2.06. The van der Waals surface area contributed by atoms with E-state index in [1.165, 1.54) is 11.0 Å². The second-order valence-corrected chi connectivity index (χ2v) is 3.15. The highest BCUT2D eigenvalue weighted by Crippen LogP contribution is 2.16. The summed E-state index contributed by atoms with van der Waals surface area (Å²) in [7, 11) is 0. The van der Waals surface area contributed by atoms with Gasteiger partial charge in [-0.3, -0.25) is 0 Å². The fraction of sp³-hybridized carbons (Fsp3) is 0.100. The highest BCUT2D eigenvalue weighted by atomic mass is 16.3. The summed E-state index contributed by atoms with van der Waals surface area (Å²) in [6.45, 7) is 0.603. The molecule has 0 aliphatic rings. The van der Waals surface area contributed by atoms with Crippen LogP contribution in [0.15, 0.2) is 36.5 Å². The molecule has 0 aliphatic heterocycles. The predicted molar refractivity (Wildman–Crippen MR) is 57.8 cm³/mol. The summed E-state index contributed by atoms with van der Waals surface area (Å²) in [5.41, 5.74) is 9.64. The van der Waals surface area contributed by atoms with E-state index in [0.29, 0.717) is 6.54 Å². The fourth-order valence-electron chi connectivity index (χ4n) is 1.24. The van der Waals surface area contributed by atoms with E-state index >= 15 is 0 Å². The van der Waals surface area contributed by atoms with Crippen LogP contribution in [0.2, 0.25) is 0 Å². The molecule has 0 saturated carbocycles. The zero-order valence-electron chi connectivity index (χ0n) is 8.09. The third-order valence-electron chi connectivity index (χ3n) is 2.06. The Morgan fingerprint density at radius 1 is 1.33 bits per heavy atom. The van der Waals surface area contributed by atoms with E-state index in [9.17, 15) is 5.11 Å². The molecule has 2 rings (SSSR count). The Kier molecular flexibility index (Phi) is 2.45. The van der Waals surface area contributed by atoms with Crippen molar-refractivity contribution in [2.75, 3.05) is 11.2 Å². The highest BCUT2D eigenvalue weighted by molar-refractivity contribution is 5.44. The van der Waals surface area contributed by atoms with Gasteiger partial charge in [-0.15, -0.1) is 0 Å². The lowest BCUT2D eigenvalue weighted by Gasteiger charge is -2.07. The summed E-state index contributed by atoms with van der Waals surface area (Å²) in [5, 5.41) is 13.0. The predicted octanol–water partition coefficient (Wildman–Crippen LogP) is 0.915. The normalized spacial score (nSPS) is 10.1. The monoisotopic (exact) mass is 204 g/mol. The zero-order valence-corrected chi connectivity index (χ0v) is 8.09. The van der Waals surface area contributed by atoms with Gasteiger partial charge >= 0.3 is 0 Å². The first-order valence-corrected chi connectivity index (χ1v) is 4.57. The van der Waals surface area contributed by atoms with Crippen molar-refractivity contribution >= 4 is 5.82 Å². The van der Waals surface area contributed by atoms with Gasteiger partial charge in [-0.2, -0.15) is 9.89 Å². The summed E-state index contributed by atoms with van der Waals surface area (Å²) < 4.78 is 0. The molecular weight excluding hydrogens is 192 g/mol. The molecule has 0 amide bonds. The maximum atomic E-state index is 9.19. The number of hydrogen-bond acceptors (Lipinski definition) is 4. The van der Waals surface area contributed by atoms with Gasteiger partial charge < -0.3 is 16.3 Å². The summed E-state index contributed by atoms with van der Waals surface area (Å²) in [6, 6.07) is 9.86. The average molecular weight is 204 g/mol. The molecule has 4 N–H and O–H groups in total. The number of aromatic nitrogens is 2. The molecule has 78 valence electrons. The molecule has 0 aliphatic carbocycles. The molecule has 1 heterocycles. The van der Waals surface area contributed by atoms with Gasteiger partial charge in [-0.25, -0.2) is 0 Å². The van der Waals surface area contributed by atoms with Gasteiger partial charge in [0, 0.05) is 0 Å². The molecule has 5 heteroatoms. The van der Waals surface area contributed by atoms with E-state index in [-0.39, 0.29) is 11.6 Å². The quantitative estimate of drug-likeness (QED) is 0.694. The highest BCUT2D eigenvalue weighted by Gasteiger charge is 2.03. The van der Waals surface area contributed by atoms with Crippen LogP contribution in [0.5, 0.6) is 5.75 Å². The van der Waals surface area contributed by atoms with Crippen LogP contribution in [0.3, 0.4) is 0 Å². The Morgan fingerprint density at radius 2 is 2.07 bits per heavy atom. The Morgan fingerprint density at radius 3 is 2.67 bits per heavy atom. The van der Waals surface area contributed by atoms with Crippen LogP contribution in [0, 0.1) is 0 Å². The number of nitrogens with two attached hydrogens (primary N) is 1. The molecule has 1 aromatic carbocycles. The minimum atomic E-state index is -0.0180. The van der Waals surface area contributed by atoms with Crippen molar-refractivity contribution in [3.05, 3.63) is 42.1 Å². The van der Waals surface area contributed by atoms with Gasteiger partial charge in [0.2, 0.25) is 0 Å². The molecule has 0 spiro atoms. The van der Waals surface area contributed by atoms with E-state index in [4.69, 9.17) is 5.73 Å². The van der Waals surface area contributed by atoms with Crippen molar-refractivity contribution in [3.63, 3.8) is 0 Å². The van der Waals surface area contributed by atoms with Gasteiger partial charge in [0.15, 0.2) is 11.6 Å². The lowest BCUT2D eigenvalue weighted by Crippen LogP contribution is -2.17. The van der Waals surface area contributed by atoms with Crippen molar-refractivity contribution < 1.29 is 5.11 Å². The van der Waals surface area contributed by atoms with E-state index in [2.05, 4.69) is 10.5 Å². The first kappa shape index (κ1) is 9.39. The standard InChI is InChI=1S/C10H12N4O/c11-10-9(15)7-13-14(10)12-6-8-4-2-1-3-5-8/h1-5,7,12,15H,6,11H2. The van der Waals surface area contributed by atoms with Gasteiger partial charge in [0.05, 0.1) is 12.7 Å². The topological polar surface area (TPSA) is 76.1 Å². The van der Waals surface area contributed by atoms with Gasteiger partial charge in [0.25, 0.3) is 0 Å². The number of nitrogen functional groups attached to an aromatic ring is 1. The first-order valence-electron chi connectivity index (χ1n) is 4.57. The summed E-state index contributed by atoms with van der Waals surface area (Å²) in [4.78, 5) is 1.35. The fourth-order valence-corrected chi connectivity index (χ4v) is 1.24. The van der Waals surface area contributed by atoms with Crippen molar-refractivity contribution in [1.29, 1.82) is 0 Å². The van der Waals surface area contributed by atoms with Gasteiger partial charge in [-0.1, -0.05) is 30.3 Å². The average Bonchev–Trinajstić information content (AvgIpc) is 2.59. The van der Waals surface area contributed by atoms with E-state index < -0.39 is 0 Å². The molecule has 0 unspecified atom stereocenters. The number of benzene rings is 1. The van der Waals surface area contributed by atoms with E-state index in [0.717, 1.165) is 5.56 Å². The molecule has 15 heavy (non-hydrogen) atoms. The maximum Gasteiger partial charge on any atom is 0.187 e. The van der Waals surface area contributed by atoms with Crippen LogP contribution in [0.25, 0.3) is 0 Å². The van der Waals surface area contributed by atoms with Crippen molar-refractivity contribution in [2.45, 2.75) is 6.54 Å². The number of nitrogens with zero attached hydrogens (tertiary/aromatic N) is 2. The molecular formula is C10H12N4O. The third kappa shape index (κ3) is 2.01. The molecule has 0 radical (unpaired) electrons. The first-order chi connectivity index (χ1) is 7.27. The molecule has 0 fully saturated rings. The zero-order chi connectivity index (χ0) is 10.7. The molecule has 0 bridgehead atoms. The van der Waals surface area contributed by atoms with Crippen LogP contribution in [0.4, 0.5) is 5.82 Å². The van der Waals surface area contributed by atoms with Crippen LogP contribution in [-0.2, 0) is 6.54 Å². The van der Waals surface area contributed by atoms with Crippen molar-refractivity contribution in [1.82, 2.24) is 9.89 Å².